The zero-order valence-corrected chi connectivity index (χ0v) is 13.0. The summed E-state index contributed by atoms with van der Waals surface area (Å²) in [5, 5.41) is 3.70. The standard InChI is InChI=1S/C15H24ClNS/c1-11(2)12-3-5-13(6-4-12)17-10-9-14-7-8-15(16)18-14/h7-8,11-13,17H,3-6,9-10H2,1-2H3. The number of hydrogen-bond acceptors (Lipinski definition) is 2. The van der Waals surface area contributed by atoms with E-state index in [1.807, 2.05) is 6.07 Å². The third-order valence-electron chi connectivity index (χ3n) is 4.15. The Morgan fingerprint density at radius 2 is 2.00 bits per heavy atom. The predicted molar refractivity (Wildman–Crippen MR) is 81.6 cm³/mol. The van der Waals surface area contributed by atoms with Crippen molar-refractivity contribution in [3.05, 3.63) is 21.3 Å². The summed E-state index contributed by atoms with van der Waals surface area (Å²) in [7, 11) is 0. The third-order valence-corrected chi connectivity index (χ3v) is 5.44. The molecule has 0 aliphatic heterocycles. The number of halogens is 1. The number of thiophene rings is 1. The molecule has 18 heavy (non-hydrogen) atoms. The van der Waals surface area contributed by atoms with Crippen LogP contribution in [0, 0.1) is 11.8 Å². The molecule has 1 aromatic rings. The molecule has 0 bridgehead atoms. The molecule has 1 aliphatic carbocycles. The molecule has 1 fully saturated rings. The largest absolute Gasteiger partial charge is 0.314 e. The Kier molecular flexibility index (Phi) is 5.53. The van der Waals surface area contributed by atoms with Gasteiger partial charge in [0.05, 0.1) is 4.34 Å². The summed E-state index contributed by atoms with van der Waals surface area (Å²) in [6.45, 7) is 5.81. The van der Waals surface area contributed by atoms with Crippen molar-refractivity contribution >= 4 is 22.9 Å². The lowest BCUT2D eigenvalue weighted by molar-refractivity contribution is 0.239. The van der Waals surface area contributed by atoms with Gasteiger partial charge in [0.25, 0.3) is 0 Å². The highest BCUT2D eigenvalue weighted by molar-refractivity contribution is 7.16. The van der Waals surface area contributed by atoms with E-state index in [-0.39, 0.29) is 0 Å². The molecule has 0 unspecified atom stereocenters. The highest BCUT2D eigenvalue weighted by Gasteiger charge is 2.22. The van der Waals surface area contributed by atoms with E-state index < -0.39 is 0 Å². The molecule has 0 saturated heterocycles. The fourth-order valence-electron chi connectivity index (χ4n) is 2.88. The van der Waals surface area contributed by atoms with E-state index in [1.54, 1.807) is 11.3 Å². The van der Waals surface area contributed by atoms with Crippen molar-refractivity contribution in [2.75, 3.05) is 6.54 Å². The highest BCUT2D eigenvalue weighted by atomic mass is 35.5. The Hall–Kier alpha value is -0.0500. The lowest BCUT2D eigenvalue weighted by Gasteiger charge is -2.31. The number of nitrogens with one attached hydrogen (secondary N) is 1. The van der Waals surface area contributed by atoms with Crippen LogP contribution in [-0.2, 0) is 6.42 Å². The molecular weight excluding hydrogens is 262 g/mol. The molecule has 0 atom stereocenters. The van der Waals surface area contributed by atoms with Crippen molar-refractivity contribution < 1.29 is 0 Å². The van der Waals surface area contributed by atoms with Gasteiger partial charge in [-0.15, -0.1) is 11.3 Å². The Morgan fingerprint density at radius 3 is 2.56 bits per heavy atom. The fourth-order valence-corrected chi connectivity index (χ4v) is 3.96. The van der Waals surface area contributed by atoms with Gasteiger partial charge in [-0.1, -0.05) is 25.4 Å². The average molecular weight is 286 g/mol. The highest BCUT2D eigenvalue weighted by Crippen LogP contribution is 2.29. The van der Waals surface area contributed by atoms with Gasteiger partial charge in [0, 0.05) is 17.5 Å². The van der Waals surface area contributed by atoms with Gasteiger partial charge in [-0.25, -0.2) is 0 Å². The summed E-state index contributed by atoms with van der Waals surface area (Å²) >= 11 is 7.64. The van der Waals surface area contributed by atoms with Crippen LogP contribution in [0.1, 0.15) is 44.4 Å². The summed E-state index contributed by atoms with van der Waals surface area (Å²) in [4.78, 5) is 1.39. The fraction of sp³-hybridized carbons (Fsp3) is 0.733. The summed E-state index contributed by atoms with van der Waals surface area (Å²) in [6.07, 6.45) is 6.63. The van der Waals surface area contributed by atoms with Gasteiger partial charge in [-0.2, -0.15) is 0 Å². The minimum Gasteiger partial charge on any atom is -0.314 e. The van der Waals surface area contributed by atoms with Crippen molar-refractivity contribution in [1.29, 1.82) is 0 Å². The quantitative estimate of drug-likeness (QED) is 0.823. The van der Waals surface area contributed by atoms with Gasteiger partial charge in [0.2, 0.25) is 0 Å². The molecule has 0 spiro atoms. The van der Waals surface area contributed by atoms with E-state index in [4.69, 9.17) is 11.6 Å². The smallest absolute Gasteiger partial charge is 0.0931 e. The van der Waals surface area contributed by atoms with Crippen molar-refractivity contribution in [3.63, 3.8) is 0 Å². The number of rotatable bonds is 5. The van der Waals surface area contributed by atoms with Gasteiger partial charge < -0.3 is 5.32 Å². The van der Waals surface area contributed by atoms with Gasteiger partial charge in [0.15, 0.2) is 0 Å². The lowest BCUT2D eigenvalue weighted by atomic mass is 9.80. The van der Waals surface area contributed by atoms with E-state index in [1.165, 1.54) is 30.6 Å². The first-order valence-corrected chi connectivity index (χ1v) is 8.32. The Labute approximate surface area is 120 Å². The van der Waals surface area contributed by atoms with Crippen LogP contribution in [0.5, 0.6) is 0 Å². The second-order valence-corrected chi connectivity index (χ2v) is 7.57. The first kappa shape index (κ1) is 14.4. The molecule has 0 radical (unpaired) electrons. The zero-order chi connectivity index (χ0) is 13.0. The van der Waals surface area contributed by atoms with E-state index >= 15 is 0 Å². The summed E-state index contributed by atoms with van der Waals surface area (Å²) in [6, 6.07) is 4.88. The minimum absolute atomic E-state index is 0.746. The third kappa shape index (κ3) is 4.25. The van der Waals surface area contributed by atoms with E-state index in [9.17, 15) is 0 Å². The SMILES string of the molecule is CC(C)C1CCC(NCCc2ccc(Cl)s2)CC1. The van der Waals surface area contributed by atoms with Crippen LogP contribution >= 0.6 is 22.9 Å². The van der Waals surface area contributed by atoms with Gasteiger partial charge in [0.1, 0.15) is 0 Å². The van der Waals surface area contributed by atoms with Crippen LogP contribution < -0.4 is 5.32 Å². The van der Waals surface area contributed by atoms with Crippen LogP contribution in [-0.4, -0.2) is 12.6 Å². The molecule has 1 saturated carbocycles. The Bertz CT molecular complexity index is 353. The van der Waals surface area contributed by atoms with Crippen LogP contribution in [0.25, 0.3) is 0 Å². The molecule has 0 aromatic carbocycles. The lowest BCUT2D eigenvalue weighted by Crippen LogP contribution is -2.35. The second-order valence-electron chi connectivity index (χ2n) is 5.77. The minimum atomic E-state index is 0.746. The summed E-state index contributed by atoms with van der Waals surface area (Å²) in [5.74, 6) is 1.82. The van der Waals surface area contributed by atoms with Crippen molar-refractivity contribution in [2.24, 2.45) is 11.8 Å². The Balaban J connectivity index is 1.63. The molecule has 2 rings (SSSR count). The molecule has 3 heteroatoms. The molecule has 1 N–H and O–H groups in total. The predicted octanol–water partition coefficient (Wildman–Crippen LogP) is 4.75. The van der Waals surface area contributed by atoms with E-state index in [0.29, 0.717) is 0 Å². The van der Waals surface area contributed by atoms with Gasteiger partial charge in [-0.05, 0) is 56.1 Å². The molecule has 102 valence electrons. The zero-order valence-electron chi connectivity index (χ0n) is 11.4. The topological polar surface area (TPSA) is 12.0 Å². The molecule has 1 heterocycles. The summed E-state index contributed by atoms with van der Waals surface area (Å²) < 4.78 is 0.905. The average Bonchev–Trinajstić information content (AvgIpc) is 2.76. The molecule has 1 aliphatic rings. The molecular formula is C15H24ClNS. The van der Waals surface area contributed by atoms with Crippen LogP contribution in [0.15, 0.2) is 12.1 Å². The second kappa shape index (κ2) is 6.93. The maximum atomic E-state index is 5.93. The first-order chi connectivity index (χ1) is 8.65. The van der Waals surface area contributed by atoms with Crippen LogP contribution in [0.3, 0.4) is 0 Å². The first-order valence-electron chi connectivity index (χ1n) is 7.12. The normalized spacial score (nSPS) is 24.7. The molecule has 1 aromatic heterocycles. The maximum absolute atomic E-state index is 5.93. The van der Waals surface area contributed by atoms with Gasteiger partial charge >= 0.3 is 0 Å². The van der Waals surface area contributed by atoms with E-state index in [2.05, 4.69) is 25.2 Å². The maximum Gasteiger partial charge on any atom is 0.0931 e. The molecule has 0 amide bonds. The van der Waals surface area contributed by atoms with Crippen molar-refractivity contribution in [1.82, 2.24) is 5.32 Å². The van der Waals surface area contributed by atoms with Crippen LogP contribution in [0.4, 0.5) is 0 Å². The summed E-state index contributed by atoms with van der Waals surface area (Å²) in [5.41, 5.74) is 0. The Morgan fingerprint density at radius 1 is 1.28 bits per heavy atom. The van der Waals surface area contributed by atoms with E-state index in [0.717, 1.165) is 35.2 Å². The monoisotopic (exact) mass is 285 g/mol. The van der Waals surface area contributed by atoms with Gasteiger partial charge in [-0.3, -0.25) is 0 Å². The number of hydrogen-bond donors (Lipinski definition) is 1. The molecule has 1 nitrogen and oxygen atoms in total. The van der Waals surface area contributed by atoms with Crippen molar-refractivity contribution in [3.8, 4) is 0 Å². The van der Waals surface area contributed by atoms with Crippen LogP contribution in [0.2, 0.25) is 4.34 Å². The van der Waals surface area contributed by atoms with Crippen molar-refractivity contribution in [2.45, 2.75) is 52.0 Å².